The summed E-state index contributed by atoms with van der Waals surface area (Å²) in [6, 6.07) is 0. The van der Waals surface area contributed by atoms with Crippen LogP contribution in [0.5, 0.6) is 0 Å². The van der Waals surface area contributed by atoms with E-state index in [9.17, 15) is 12.1 Å². The van der Waals surface area contributed by atoms with Crippen molar-refractivity contribution in [2.45, 2.75) is 13.8 Å². The zero-order valence-electron chi connectivity index (χ0n) is 6.27. The summed E-state index contributed by atoms with van der Waals surface area (Å²) in [4.78, 5) is 0. The predicted molar refractivity (Wildman–Crippen MR) is 30.0 cm³/mol. The van der Waals surface area contributed by atoms with Crippen molar-refractivity contribution in [3.05, 3.63) is 0 Å². The Balaban J connectivity index is -0.0000000933. The van der Waals surface area contributed by atoms with Crippen LogP contribution < -0.4 is 0 Å². The molecule has 73 valence electrons. The van der Waals surface area contributed by atoms with Crippen LogP contribution in [0.4, 0.5) is 12.1 Å². The van der Waals surface area contributed by atoms with E-state index in [-0.39, 0.29) is 13.2 Å². The van der Waals surface area contributed by atoms with Crippen LogP contribution in [0, 0.1) is 0 Å². The van der Waals surface area contributed by atoms with Crippen molar-refractivity contribution in [3.8, 4) is 0 Å². The SMILES string of the molecule is CCO.CCO.[F][Ta]([F])([F])[F]. The average Bonchev–Trinajstić information content (AvgIpc) is 1.62. The molecular weight excluding hydrogens is 337 g/mol. The van der Waals surface area contributed by atoms with E-state index in [1.54, 1.807) is 13.8 Å². The van der Waals surface area contributed by atoms with E-state index in [1.807, 2.05) is 0 Å². The van der Waals surface area contributed by atoms with Crippen LogP contribution >= 0.6 is 0 Å². The molecule has 2 N–H and O–H groups in total. The molecule has 0 heterocycles. The first-order chi connectivity index (χ1) is 4.83. The molecule has 2 nitrogen and oxygen atoms in total. The summed E-state index contributed by atoms with van der Waals surface area (Å²) in [5, 5.41) is 15.1. The molecule has 0 rings (SSSR count). The van der Waals surface area contributed by atoms with E-state index in [4.69, 9.17) is 10.2 Å². The van der Waals surface area contributed by atoms with Gasteiger partial charge >= 0.3 is 31.4 Å². The first-order valence-corrected chi connectivity index (χ1v) is 7.58. The van der Waals surface area contributed by atoms with Crippen LogP contribution in [0.15, 0.2) is 0 Å². The van der Waals surface area contributed by atoms with Gasteiger partial charge in [0.25, 0.3) is 0 Å². The number of hydrogen-bond acceptors (Lipinski definition) is 2. The second kappa shape index (κ2) is 13.0. The van der Waals surface area contributed by atoms with Gasteiger partial charge in [-0.15, -0.1) is 0 Å². The van der Waals surface area contributed by atoms with E-state index in [0.717, 1.165) is 0 Å². The monoisotopic (exact) mass is 349 g/mol. The molecule has 0 atom stereocenters. The minimum absolute atomic E-state index is 0.250. The Bertz CT molecular complexity index is 50.5. The van der Waals surface area contributed by atoms with E-state index >= 15 is 0 Å². The second-order valence-corrected chi connectivity index (χ2v) is 3.77. The molecular formula is C4H12F4O2Ta. The Kier molecular flexibility index (Phi) is 20.6. The fourth-order valence-electron chi connectivity index (χ4n) is 0. The molecule has 0 unspecified atom stereocenters. The summed E-state index contributed by atoms with van der Waals surface area (Å²) >= 11 is -7.22. The second-order valence-electron chi connectivity index (χ2n) is 1.02. The van der Waals surface area contributed by atoms with Crippen molar-refractivity contribution in [2.24, 2.45) is 0 Å². The molecule has 0 amide bonds. The number of aliphatic hydroxyl groups excluding tert-OH is 2. The van der Waals surface area contributed by atoms with Crippen LogP contribution in [-0.4, -0.2) is 23.4 Å². The van der Waals surface area contributed by atoms with Gasteiger partial charge in [-0.3, -0.25) is 0 Å². The molecule has 0 aliphatic carbocycles. The van der Waals surface area contributed by atoms with Crippen LogP contribution in [0.1, 0.15) is 13.8 Å². The standard InChI is InChI=1S/2C2H6O.4FH.Ta/c2*1-2-3;;;;;/h2*3H,2H2,1H3;4*1H;/q;;;;;;+4/p-4. The fraction of sp³-hybridized carbons (Fsp3) is 1.00. The van der Waals surface area contributed by atoms with Crippen molar-refractivity contribution in [2.75, 3.05) is 13.2 Å². The summed E-state index contributed by atoms with van der Waals surface area (Å²) in [5.41, 5.74) is 0. The third-order valence-electron chi connectivity index (χ3n) is 0. The van der Waals surface area contributed by atoms with E-state index in [0.29, 0.717) is 0 Å². The minimum atomic E-state index is -7.22. The Hall–Kier alpha value is 0.380. The molecule has 0 aliphatic heterocycles. The zero-order valence-corrected chi connectivity index (χ0v) is 9.48. The molecule has 0 spiro atoms. The van der Waals surface area contributed by atoms with Gasteiger partial charge < -0.3 is 10.2 Å². The third-order valence-corrected chi connectivity index (χ3v) is 0. The summed E-state index contributed by atoms with van der Waals surface area (Å²) in [7, 11) is 0. The molecule has 0 aromatic carbocycles. The van der Waals surface area contributed by atoms with Crippen molar-refractivity contribution >= 4 is 0 Å². The van der Waals surface area contributed by atoms with E-state index in [2.05, 4.69) is 0 Å². The Labute approximate surface area is 69.2 Å². The van der Waals surface area contributed by atoms with Crippen LogP contribution in [0.3, 0.4) is 0 Å². The van der Waals surface area contributed by atoms with Gasteiger partial charge in [0.05, 0.1) is 0 Å². The average molecular weight is 349 g/mol. The van der Waals surface area contributed by atoms with Crippen molar-refractivity contribution in [1.29, 1.82) is 0 Å². The van der Waals surface area contributed by atoms with Gasteiger partial charge in [0.2, 0.25) is 0 Å². The Morgan fingerprint density at radius 3 is 0.909 bits per heavy atom. The molecule has 0 saturated heterocycles. The maximum absolute atomic E-state index is 9.90. The van der Waals surface area contributed by atoms with Gasteiger partial charge in [0.15, 0.2) is 0 Å². The van der Waals surface area contributed by atoms with E-state index in [1.165, 1.54) is 0 Å². The Morgan fingerprint density at radius 2 is 0.909 bits per heavy atom. The molecule has 0 aromatic rings. The molecule has 0 aromatic heterocycles. The molecule has 0 aliphatic rings. The molecule has 0 bridgehead atoms. The first kappa shape index (κ1) is 17.5. The van der Waals surface area contributed by atoms with Crippen LogP contribution in [-0.2, 0) is 19.3 Å². The third kappa shape index (κ3) is 5040. The number of halogens is 4. The van der Waals surface area contributed by atoms with Crippen LogP contribution in [0.25, 0.3) is 0 Å². The van der Waals surface area contributed by atoms with E-state index < -0.39 is 19.3 Å². The normalized spacial score (nSPS) is 8.73. The summed E-state index contributed by atoms with van der Waals surface area (Å²) in [6.07, 6.45) is 0. The zero-order chi connectivity index (χ0) is 9.91. The van der Waals surface area contributed by atoms with Crippen LogP contribution in [0.2, 0.25) is 0 Å². The van der Waals surface area contributed by atoms with Gasteiger partial charge in [-0.1, -0.05) is 0 Å². The van der Waals surface area contributed by atoms with Crippen molar-refractivity contribution < 1.29 is 41.6 Å². The van der Waals surface area contributed by atoms with Crippen molar-refractivity contribution in [3.63, 3.8) is 0 Å². The number of rotatable bonds is 0. The van der Waals surface area contributed by atoms with Gasteiger partial charge in [0.1, 0.15) is 0 Å². The quantitative estimate of drug-likeness (QED) is 0.654. The fourth-order valence-corrected chi connectivity index (χ4v) is 0. The summed E-state index contributed by atoms with van der Waals surface area (Å²) in [5.74, 6) is 0. The molecule has 0 radical (unpaired) electrons. The molecule has 11 heavy (non-hydrogen) atoms. The van der Waals surface area contributed by atoms with Gasteiger partial charge in [-0.25, -0.2) is 0 Å². The predicted octanol–water partition coefficient (Wildman–Crippen LogP) is 1.68. The van der Waals surface area contributed by atoms with Gasteiger partial charge in [-0.2, -0.15) is 0 Å². The summed E-state index contributed by atoms with van der Waals surface area (Å²) in [6.45, 7) is 3.86. The number of aliphatic hydroxyl groups is 2. The van der Waals surface area contributed by atoms with Gasteiger partial charge in [-0.05, 0) is 13.8 Å². The van der Waals surface area contributed by atoms with Gasteiger partial charge in [0, 0.05) is 13.2 Å². The topological polar surface area (TPSA) is 40.5 Å². The first-order valence-electron chi connectivity index (χ1n) is 2.72. The Morgan fingerprint density at radius 1 is 0.909 bits per heavy atom. The van der Waals surface area contributed by atoms with Crippen molar-refractivity contribution in [1.82, 2.24) is 0 Å². The molecule has 0 fully saturated rings. The summed E-state index contributed by atoms with van der Waals surface area (Å²) < 4.78 is 39.6. The number of hydrogen-bond donors (Lipinski definition) is 2. The molecule has 0 saturated carbocycles. The molecule has 7 heteroatoms. The maximum atomic E-state index is 9.90.